The Labute approximate surface area is 173 Å². The van der Waals surface area contributed by atoms with Crippen LogP contribution in [0.5, 0.6) is 0 Å². The molecule has 0 aromatic heterocycles. The summed E-state index contributed by atoms with van der Waals surface area (Å²) >= 11 is 0. The predicted molar refractivity (Wildman–Crippen MR) is 116 cm³/mol. The number of anilines is 2. The zero-order valence-electron chi connectivity index (χ0n) is 17.1. The molecule has 0 saturated carbocycles. The van der Waals surface area contributed by atoms with Crippen molar-refractivity contribution < 1.29 is 13.2 Å². The number of amides is 1. The van der Waals surface area contributed by atoms with Crippen LogP contribution in [0.1, 0.15) is 49.8 Å². The summed E-state index contributed by atoms with van der Waals surface area (Å²) in [5.41, 5.74) is 4.79. The first-order valence-electron chi connectivity index (χ1n) is 10.4. The number of carbonyl (C=O) groups excluding carboxylic acids is 1. The van der Waals surface area contributed by atoms with E-state index in [-0.39, 0.29) is 11.8 Å². The van der Waals surface area contributed by atoms with E-state index in [4.69, 9.17) is 0 Å². The monoisotopic (exact) mass is 412 g/mol. The van der Waals surface area contributed by atoms with Crippen LogP contribution in [0.2, 0.25) is 0 Å². The zero-order chi connectivity index (χ0) is 20.6. The minimum Gasteiger partial charge on any atom is -0.312 e. The molecule has 154 valence electrons. The van der Waals surface area contributed by atoms with Gasteiger partial charge in [0.1, 0.15) is 0 Å². The molecule has 0 spiro atoms. The zero-order valence-corrected chi connectivity index (χ0v) is 17.9. The van der Waals surface area contributed by atoms with Crippen LogP contribution < -0.4 is 9.62 Å². The number of hydrogen-bond acceptors (Lipinski definition) is 3. The third kappa shape index (κ3) is 4.04. The first-order chi connectivity index (χ1) is 13.8. The Bertz CT molecular complexity index is 1040. The number of rotatable bonds is 4. The maximum atomic E-state index is 13.0. The normalized spacial score (nSPS) is 16.3. The van der Waals surface area contributed by atoms with Crippen LogP contribution in [-0.4, -0.2) is 20.9 Å². The number of nitrogens with zero attached hydrogens (tertiary/aromatic N) is 1. The van der Waals surface area contributed by atoms with E-state index < -0.39 is 10.0 Å². The second kappa shape index (κ2) is 7.82. The summed E-state index contributed by atoms with van der Waals surface area (Å²) in [7, 11) is -3.68. The van der Waals surface area contributed by atoms with Crippen molar-refractivity contribution in [3.05, 3.63) is 53.1 Å². The van der Waals surface area contributed by atoms with Gasteiger partial charge in [-0.1, -0.05) is 26.0 Å². The maximum absolute atomic E-state index is 13.0. The standard InChI is InChI=1S/C23H28N2O3S/c1-16(2)23(26)25-13-5-8-18-9-11-20(15-22(18)25)24-29(27,28)21-12-10-17-6-3-4-7-19(17)14-21/h9-12,14-16,24H,3-8,13H2,1-2H3. The molecule has 0 radical (unpaired) electrons. The molecule has 29 heavy (non-hydrogen) atoms. The fraction of sp³-hybridized carbons (Fsp3) is 0.435. The second-order valence-corrected chi connectivity index (χ2v) is 10.0. The van der Waals surface area contributed by atoms with Crippen LogP contribution in [0.3, 0.4) is 0 Å². The topological polar surface area (TPSA) is 66.5 Å². The molecular formula is C23H28N2O3S. The molecule has 4 rings (SSSR count). The van der Waals surface area contributed by atoms with Crippen molar-refractivity contribution in [1.82, 2.24) is 0 Å². The van der Waals surface area contributed by atoms with Gasteiger partial charge in [0.2, 0.25) is 5.91 Å². The van der Waals surface area contributed by atoms with E-state index in [0.29, 0.717) is 17.1 Å². The molecule has 1 N–H and O–H groups in total. The number of nitrogens with one attached hydrogen (secondary N) is 1. The Morgan fingerprint density at radius 3 is 2.38 bits per heavy atom. The number of aryl methyl sites for hydroxylation is 3. The van der Waals surface area contributed by atoms with Crippen LogP contribution in [-0.2, 0) is 34.1 Å². The van der Waals surface area contributed by atoms with Crippen LogP contribution in [0.4, 0.5) is 11.4 Å². The number of carbonyl (C=O) groups is 1. The van der Waals surface area contributed by atoms with Crippen molar-refractivity contribution in [3.63, 3.8) is 0 Å². The fourth-order valence-corrected chi connectivity index (χ4v) is 5.37. The van der Waals surface area contributed by atoms with E-state index in [1.54, 1.807) is 23.1 Å². The van der Waals surface area contributed by atoms with Crippen molar-refractivity contribution in [3.8, 4) is 0 Å². The summed E-state index contributed by atoms with van der Waals surface area (Å²) in [6.45, 7) is 4.45. The van der Waals surface area contributed by atoms with Gasteiger partial charge in [-0.05, 0) is 79.5 Å². The first kappa shape index (κ1) is 20.0. The fourth-order valence-electron chi connectivity index (χ4n) is 4.27. The van der Waals surface area contributed by atoms with Crippen LogP contribution in [0.25, 0.3) is 0 Å². The summed E-state index contributed by atoms with van der Waals surface area (Å²) < 4.78 is 28.7. The molecule has 1 amide bonds. The Hall–Kier alpha value is -2.34. The lowest BCUT2D eigenvalue weighted by Crippen LogP contribution is -2.38. The largest absolute Gasteiger partial charge is 0.312 e. The van der Waals surface area contributed by atoms with Gasteiger partial charge in [-0.25, -0.2) is 8.42 Å². The Morgan fingerprint density at radius 1 is 0.931 bits per heavy atom. The molecule has 0 fully saturated rings. The van der Waals surface area contributed by atoms with Gasteiger partial charge < -0.3 is 4.90 Å². The Kier molecular flexibility index (Phi) is 5.38. The van der Waals surface area contributed by atoms with Gasteiger partial charge in [0.05, 0.1) is 10.6 Å². The van der Waals surface area contributed by atoms with Gasteiger partial charge in [0, 0.05) is 18.2 Å². The SMILES string of the molecule is CC(C)C(=O)N1CCCc2ccc(NS(=O)(=O)c3ccc4c(c3)CCCC4)cc21. The lowest BCUT2D eigenvalue weighted by atomic mass is 9.92. The summed E-state index contributed by atoms with van der Waals surface area (Å²) in [6.07, 6.45) is 6.05. The molecule has 0 bridgehead atoms. The third-order valence-corrected chi connectivity index (χ3v) is 7.23. The van der Waals surface area contributed by atoms with E-state index in [0.717, 1.165) is 55.3 Å². The van der Waals surface area contributed by atoms with Gasteiger partial charge in [0.25, 0.3) is 10.0 Å². The molecule has 1 heterocycles. The second-order valence-electron chi connectivity index (χ2n) is 8.33. The van der Waals surface area contributed by atoms with Crippen LogP contribution in [0, 0.1) is 5.92 Å². The third-order valence-electron chi connectivity index (χ3n) is 5.85. The number of sulfonamides is 1. The molecule has 0 saturated heterocycles. The lowest BCUT2D eigenvalue weighted by molar-refractivity contribution is -0.121. The number of benzene rings is 2. The molecule has 2 aromatic carbocycles. The summed E-state index contributed by atoms with van der Waals surface area (Å²) in [6, 6.07) is 11.0. The quantitative estimate of drug-likeness (QED) is 0.814. The molecule has 1 aliphatic carbocycles. The van der Waals surface area contributed by atoms with E-state index in [2.05, 4.69) is 4.72 Å². The molecule has 0 atom stereocenters. The number of fused-ring (bicyclic) bond motifs is 2. The Morgan fingerprint density at radius 2 is 1.62 bits per heavy atom. The van der Waals surface area contributed by atoms with Crippen molar-refractivity contribution in [2.45, 2.75) is 57.3 Å². The summed E-state index contributed by atoms with van der Waals surface area (Å²) in [5.74, 6) is -0.0302. The van der Waals surface area contributed by atoms with Gasteiger partial charge in [-0.3, -0.25) is 9.52 Å². The molecule has 2 aliphatic rings. The molecule has 0 unspecified atom stereocenters. The highest BCUT2D eigenvalue weighted by Gasteiger charge is 2.25. The molecule has 6 heteroatoms. The van der Waals surface area contributed by atoms with E-state index in [9.17, 15) is 13.2 Å². The first-order valence-corrected chi connectivity index (χ1v) is 11.9. The Balaban J connectivity index is 1.63. The highest BCUT2D eigenvalue weighted by molar-refractivity contribution is 7.92. The van der Waals surface area contributed by atoms with Gasteiger partial charge in [-0.2, -0.15) is 0 Å². The van der Waals surface area contributed by atoms with Gasteiger partial charge in [0.15, 0.2) is 0 Å². The molecule has 2 aromatic rings. The lowest BCUT2D eigenvalue weighted by Gasteiger charge is -2.31. The van der Waals surface area contributed by atoms with Gasteiger partial charge in [-0.15, -0.1) is 0 Å². The average Bonchev–Trinajstić information content (AvgIpc) is 2.72. The molecule has 1 aliphatic heterocycles. The van der Waals surface area contributed by atoms with Gasteiger partial charge >= 0.3 is 0 Å². The summed E-state index contributed by atoms with van der Waals surface area (Å²) in [5, 5.41) is 0. The van der Waals surface area contributed by atoms with Crippen molar-refractivity contribution >= 4 is 27.3 Å². The molecule has 5 nitrogen and oxygen atoms in total. The smallest absolute Gasteiger partial charge is 0.261 e. The highest BCUT2D eigenvalue weighted by atomic mass is 32.2. The minimum atomic E-state index is -3.68. The van der Waals surface area contributed by atoms with Crippen LogP contribution in [0.15, 0.2) is 41.3 Å². The summed E-state index contributed by atoms with van der Waals surface area (Å²) in [4.78, 5) is 14.7. The highest BCUT2D eigenvalue weighted by Crippen LogP contribution is 2.32. The minimum absolute atomic E-state index is 0.0700. The van der Waals surface area contributed by atoms with Crippen LogP contribution >= 0.6 is 0 Å². The predicted octanol–water partition coefficient (Wildman–Crippen LogP) is 4.30. The van der Waals surface area contributed by atoms with Crippen molar-refractivity contribution in [2.75, 3.05) is 16.2 Å². The van der Waals surface area contributed by atoms with E-state index >= 15 is 0 Å². The maximum Gasteiger partial charge on any atom is 0.261 e. The average molecular weight is 413 g/mol. The van der Waals surface area contributed by atoms with Crippen molar-refractivity contribution in [1.29, 1.82) is 0 Å². The van der Waals surface area contributed by atoms with E-state index in [1.807, 2.05) is 32.0 Å². The number of hydrogen-bond donors (Lipinski definition) is 1. The van der Waals surface area contributed by atoms with E-state index in [1.165, 1.54) is 5.56 Å². The van der Waals surface area contributed by atoms with Crippen molar-refractivity contribution in [2.24, 2.45) is 5.92 Å². The molecular weight excluding hydrogens is 384 g/mol.